The lowest BCUT2D eigenvalue weighted by Gasteiger charge is -2.19. The predicted octanol–water partition coefficient (Wildman–Crippen LogP) is 4.69. The van der Waals surface area contributed by atoms with Crippen LogP contribution in [0.25, 0.3) is 10.9 Å². The largest absolute Gasteiger partial charge is 0.480 e. The van der Waals surface area contributed by atoms with Gasteiger partial charge in [0.2, 0.25) is 0 Å². The molecular weight excluding hydrogens is 575 g/mol. The van der Waals surface area contributed by atoms with Crippen LogP contribution in [0.2, 0.25) is 0 Å². The molecule has 0 aliphatic heterocycles. The molecule has 0 saturated carbocycles. The van der Waals surface area contributed by atoms with Crippen LogP contribution in [-0.4, -0.2) is 52.1 Å². The molecule has 8 nitrogen and oxygen atoms in total. The number of nitrogens with one attached hydrogen (secondary N) is 1. The summed E-state index contributed by atoms with van der Waals surface area (Å²) < 4.78 is 69.5. The number of carbonyl (C=O) groups is 2. The number of aryl methyl sites for hydroxylation is 2. The summed E-state index contributed by atoms with van der Waals surface area (Å²) in [5.74, 6) is -4.44. The molecule has 0 bridgehead atoms. The standard InChI is InChI=1S/C21H22F3N3O.C9H7F2NO3/c1-13-9-14(7-8-25-13)10-17-19(21(22,23)24)16-11-15(12-26(2)3)5-6-18(16)27(4)20(17)28;10-5-2-1-3-6(11)8(5)9(15)12-4-7(13)14/h5-9,11H,10,12H2,1-4H3;1-3H,4H2,(H,12,15)(H,13,14). The van der Waals surface area contributed by atoms with E-state index in [0.717, 1.165) is 23.8 Å². The number of halogens is 5. The first-order chi connectivity index (χ1) is 20.1. The third-order valence-corrected chi connectivity index (χ3v) is 6.27. The van der Waals surface area contributed by atoms with Crippen molar-refractivity contribution in [3.8, 4) is 0 Å². The lowest BCUT2D eigenvalue weighted by molar-refractivity contribution is -0.137. The fourth-order valence-corrected chi connectivity index (χ4v) is 4.49. The van der Waals surface area contributed by atoms with Gasteiger partial charge in [-0.25, -0.2) is 8.78 Å². The van der Waals surface area contributed by atoms with Crippen molar-refractivity contribution >= 4 is 22.8 Å². The molecule has 2 aromatic heterocycles. The molecule has 0 fully saturated rings. The molecule has 0 unspecified atom stereocenters. The Labute approximate surface area is 243 Å². The van der Waals surface area contributed by atoms with E-state index < -0.39 is 52.9 Å². The van der Waals surface area contributed by atoms with Crippen LogP contribution < -0.4 is 10.9 Å². The van der Waals surface area contributed by atoms with Crippen molar-refractivity contribution in [3.63, 3.8) is 0 Å². The Bertz CT molecular complexity index is 1700. The zero-order valence-corrected chi connectivity index (χ0v) is 23.7. The van der Waals surface area contributed by atoms with Gasteiger partial charge in [0.05, 0.1) is 11.1 Å². The Kier molecular flexibility index (Phi) is 10.4. The van der Waals surface area contributed by atoms with E-state index in [0.29, 0.717) is 17.8 Å². The number of alkyl halides is 3. The summed E-state index contributed by atoms with van der Waals surface area (Å²) in [5, 5.41) is 10.2. The van der Waals surface area contributed by atoms with Crippen molar-refractivity contribution in [2.45, 2.75) is 26.1 Å². The Morgan fingerprint density at radius 3 is 2.23 bits per heavy atom. The fraction of sp³-hybridized carbons (Fsp3) is 0.267. The van der Waals surface area contributed by atoms with Crippen LogP contribution in [0.3, 0.4) is 0 Å². The highest BCUT2D eigenvalue weighted by atomic mass is 19.4. The summed E-state index contributed by atoms with van der Waals surface area (Å²) in [6.07, 6.45) is -3.20. The van der Waals surface area contributed by atoms with Gasteiger partial charge in [0.25, 0.3) is 11.5 Å². The molecule has 0 atom stereocenters. The van der Waals surface area contributed by atoms with Crippen molar-refractivity contribution < 1.29 is 36.6 Å². The molecule has 0 saturated heterocycles. The lowest BCUT2D eigenvalue weighted by Crippen LogP contribution is -2.30. The fourth-order valence-electron chi connectivity index (χ4n) is 4.49. The number of aromatic nitrogens is 2. The number of carbonyl (C=O) groups excluding carboxylic acids is 1. The van der Waals surface area contributed by atoms with E-state index in [4.69, 9.17) is 5.11 Å². The molecule has 2 N–H and O–H groups in total. The molecule has 0 spiro atoms. The Balaban J connectivity index is 0.000000285. The number of aliphatic carboxylic acids is 1. The number of hydrogen-bond donors (Lipinski definition) is 2. The average Bonchev–Trinajstić information content (AvgIpc) is 2.89. The minimum Gasteiger partial charge on any atom is -0.480 e. The summed E-state index contributed by atoms with van der Waals surface area (Å²) in [6.45, 7) is 1.59. The van der Waals surface area contributed by atoms with Crippen LogP contribution in [-0.2, 0) is 31.0 Å². The van der Waals surface area contributed by atoms with Gasteiger partial charge in [-0.3, -0.25) is 19.4 Å². The van der Waals surface area contributed by atoms with Crippen LogP contribution in [0.4, 0.5) is 22.0 Å². The molecule has 0 aliphatic carbocycles. The van der Waals surface area contributed by atoms with Gasteiger partial charge in [-0.2, -0.15) is 13.2 Å². The minimum absolute atomic E-state index is 0.0507. The van der Waals surface area contributed by atoms with Gasteiger partial charge in [-0.15, -0.1) is 0 Å². The molecule has 4 aromatic rings. The number of carboxylic acids is 1. The highest BCUT2D eigenvalue weighted by molar-refractivity contribution is 5.96. The number of hydrogen-bond acceptors (Lipinski definition) is 5. The maximum atomic E-state index is 14.1. The first-order valence-corrected chi connectivity index (χ1v) is 12.8. The Morgan fingerprint density at radius 1 is 1.02 bits per heavy atom. The van der Waals surface area contributed by atoms with Crippen LogP contribution >= 0.6 is 0 Å². The summed E-state index contributed by atoms with van der Waals surface area (Å²) in [4.78, 5) is 40.0. The number of pyridine rings is 2. The second-order valence-corrected chi connectivity index (χ2v) is 9.96. The Morgan fingerprint density at radius 2 is 1.67 bits per heavy atom. The molecule has 1 amide bonds. The first kappa shape index (κ1) is 32.9. The highest BCUT2D eigenvalue weighted by Crippen LogP contribution is 2.37. The van der Waals surface area contributed by atoms with E-state index in [-0.39, 0.29) is 22.9 Å². The van der Waals surface area contributed by atoms with E-state index in [2.05, 4.69) is 4.98 Å². The number of nitrogens with zero attached hydrogens (tertiary/aromatic N) is 3. The number of carboxylic acid groups (broad SMARTS) is 1. The van der Waals surface area contributed by atoms with Crippen molar-refractivity contribution in [1.29, 1.82) is 0 Å². The first-order valence-electron chi connectivity index (χ1n) is 12.8. The van der Waals surface area contributed by atoms with Crippen LogP contribution in [0.1, 0.15) is 38.3 Å². The maximum Gasteiger partial charge on any atom is 0.417 e. The van der Waals surface area contributed by atoms with Crippen molar-refractivity contribution in [1.82, 2.24) is 19.8 Å². The number of rotatable bonds is 7. The van der Waals surface area contributed by atoms with Gasteiger partial charge in [0.1, 0.15) is 23.7 Å². The molecule has 4 rings (SSSR count). The van der Waals surface area contributed by atoms with Crippen LogP contribution in [0.5, 0.6) is 0 Å². The van der Waals surface area contributed by atoms with E-state index in [1.54, 1.807) is 43.5 Å². The second kappa shape index (κ2) is 13.6. The van der Waals surface area contributed by atoms with Gasteiger partial charge in [0, 0.05) is 42.9 Å². The van der Waals surface area contributed by atoms with E-state index >= 15 is 0 Å². The number of amides is 1. The molecule has 43 heavy (non-hydrogen) atoms. The lowest BCUT2D eigenvalue weighted by atomic mass is 9.96. The summed E-state index contributed by atoms with van der Waals surface area (Å²) in [5.41, 5.74) is -0.151. The topological polar surface area (TPSA) is 105 Å². The van der Waals surface area contributed by atoms with Gasteiger partial charge in [-0.05, 0) is 68.5 Å². The zero-order valence-electron chi connectivity index (χ0n) is 23.7. The van der Waals surface area contributed by atoms with E-state index in [1.165, 1.54) is 11.6 Å². The molecule has 0 radical (unpaired) electrons. The monoisotopic (exact) mass is 604 g/mol. The second-order valence-electron chi connectivity index (χ2n) is 9.96. The molecule has 228 valence electrons. The van der Waals surface area contributed by atoms with Crippen molar-refractivity contribution in [3.05, 3.63) is 110 Å². The molecule has 13 heteroatoms. The highest BCUT2D eigenvalue weighted by Gasteiger charge is 2.37. The molecule has 0 aliphatic rings. The van der Waals surface area contributed by atoms with Gasteiger partial charge in [-0.1, -0.05) is 12.1 Å². The summed E-state index contributed by atoms with van der Waals surface area (Å²) in [7, 11) is 5.22. The van der Waals surface area contributed by atoms with Crippen LogP contribution in [0.15, 0.2) is 59.5 Å². The van der Waals surface area contributed by atoms with Crippen molar-refractivity contribution in [2.75, 3.05) is 20.6 Å². The van der Waals surface area contributed by atoms with Gasteiger partial charge in [0.15, 0.2) is 0 Å². The molecule has 2 heterocycles. The quantitative estimate of drug-likeness (QED) is 0.297. The van der Waals surface area contributed by atoms with E-state index in [9.17, 15) is 36.3 Å². The van der Waals surface area contributed by atoms with Crippen molar-refractivity contribution in [2.24, 2.45) is 7.05 Å². The smallest absolute Gasteiger partial charge is 0.417 e. The SMILES string of the molecule is Cc1cc(Cc2c(C(F)(F)F)c3cc(CN(C)C)ccc3n(C)c2=O)ccn1.O=C(O)CNC(=O)c1c(F)cccc1F. The number of benzene rings is 2. The third kappa shape index (κ3) is 8.22. The summed E-state index contributed by atoms with van der Waals surface area (Å²) in [6, 6.07) is 11.2. The molecule has 2 aromatic carbocycles. The summed E-state index contributed by atoms with van der Waals surface area (Å²) >= 11 is 0. The zero-order chi connectivity index (χ0) is 32.1. The average molecular weight is 605 g/mol. The van der Waals surface area contributed by atoms with Gasteiger partial charge >= 0.3 is 12.1 Å². The van der Waals surface area contributed by atoms with E-state index in [1.807, 2.05) is 24.3 Å². The van der Waals surface area contributed by atoms with Gasteiger partial charge < -0.3 is 19.9 Å². The normalized spacial score (nSPS) is 11.3. The predicted molar refractivity (Wildman–Crippen MR) is 150 cm³/mol. The van der Waals surface area contributed by atoms with Crippen LogP contribution in [0, 0.1) is 18.6 Å². The third-order valence-electron chi connectivity index (χ3n) is 6.27. The molecular formula is C30H29F5N4O4. The number of fused-ring (bicyclic) bond motifs is 1. The maximum absolute atomic E-state index is 14.1. The minimum atomic E-state index is -4.64. The Hall–Kier alpha value is -4.65.